The van der Waals surface area contributed by atoms with E-state index in [-0.39, 0.29) is 6.61 Å². The summed E-state index contributed by atoms with van der Waals surface area (Å²) in [5, 5.41) is 16.4. The van der Waals surface area contributed by atoms with E-state index < -0.39 is 0 Å². The summed E-state index contributed by atoms with van der Waals surface area (Å²) in [4.78, 5) is 7.86. The van der Waals surface area contributed by atoms with E-state index in [0.717, 1.165) is 0 Å². The minimum atomic E-state index is -0.0200. The van der Waals surface area contributed by atoms with Gasteiger partial charge < -0.3 is 10.5 Å². The molecule has 0 aliphatic carbocycles. The van der Waals surface area contributed by atoms with E-state index >= 15 is 0 Å². The van der Waals surface area contributed by atoms with Gasteiger partial charge in [-0.2, -0.15) is 0 Å². The lowest BCUT2D eigenvalue weighted by atomic mass is 10.5. The summed E-state index contributed by atoms with van der Waals surface area (Å²) in [5.41, 5.74) is 3.43. The fourth-order valence-corrected chi connectivity index (χ4v) is 1.14. The van der Waals surface area contributed by atoms with Crippen molar-refractivity contribution in [3.05, 3.63) is 6.33 Å². The number of hydrogen-bond donors (Lipinski definition) is 3. The molecule has 0 aliphatic heterocycles. The molecule has 0 amide bonds. The minimum absolute atomic E-state index is 0.0200. The fourth-order valence-electron chi connectivity index (χ4n) is 1.14. The zero-order valence-electron chi connectivity index (χ0n) is 7.25. The van der Waals surface area contributed by atoms with Gasteiger partial charge in [-0.05, 0) is 0 Å². The molecule has 2 heterocycles. The quantitative estimate of drug-likeness (QED) is 0.403. The van der Waals surface area contributed by atoms with Crippen LogP contribution >= 0.6 is 0 Å². The lowest BCUT2D eigenvalue weighted by molar-refractivity contribution is 0.270. The molecule has 8 nitrogen and oxygen atoms in total. The van der Waals surface area contributed by atoms with Crippen LogP contribution in [0.5, 0.6) is 0 Å². The van der Waals surface area contributed by atoms with Crippen LogP contribution in [0.1, 0.15) is 0 Å². The second kappa shape index (κ2) is 3.52. The second-order valence-corrected chi connectivity index (χ2v) is 2.58. The van der Waals surface area contributed by atoms with Crippen LogP contribution in [-0.2, 0) is 6.54 Å². The smallest absolute Gasteiger partial charge is 0.183 e. The van der Waals surface area contributed by atoms with Crippen LogP contribution in [0, 0.1) is 0 Å². The Morgan fingerprint density at radius 3 is 3.07 bits per heavy atom. The third kappa shape index (κ3) is 1.26. The van der Waals surface area contributed by atoms with Gasteiger partial charge >= 0.3 is 0 Å². The van der Waals surface area contributed by atoms with Crippen molar-refractivity contribution in [1.29, 1.82) is 0 Å². The number of aromatic nitrogens is 5. The van der Waals surface area contributed by atoms with Gasteiger partial charge in [-0.1, -0.05) is 5.21 Å². The summed E-state index contributed by atoms with van der Waals surface area (Å²) in [6.07, 6.45) is 1.36. The molecule has 8 heteroatoms. The molecule has 2 aromatic heterocycles. The van der Waals surface area contributed by atoms with Crippen LogP contribution in [0.15, 0.2) is 6.33 Å². The molecule has 0 bridgehead atoms. The first-order valence-corrected chi connectivity index (χ1v) is 3.98. The molecule has 0 saturated carbocycles. The van der Waals surface area contributed by atoms with E-state index in [2.05, 4.69) is 25.7 Å². The highest BCUT2D eigenvalue weighted by Gasteiger charge is 2.09. The molecule has 4 N–H and O–H groups in total. The van der Waals surface area contributed by atoms with E-state index in [0.29, 0.717) is 23.5 Å². The van der Waals surface area contributed by atoms with Crippen LogP contribution in [0.3, 0.4) is 0 Å². The van der Waals surface area contributed by atoms with Crippen molar-refractivity contribution in [2.75, 3.05) is 12.0 Å². The molecule has 0 unspecified atom stereocenters. The Bertz CT molecular complexity index is 439. The van der Waals surface area contributed by atoms with Gasteiger partial charge in [-0.3, -0.25) is 0 Å². The summed E-state index contributed by atoms with van der Waals surface area (Å²) in [6.45, 7) is 0.325. The first-order chi connectivity index (χ1) is 6.86. The predicted octanol–water partition coefficient (Wildman–Crippen LogP) is -1.50. The second-order valence-electron chi connectivity index (χ2n) is 2.58. The van der Waals surface area contributed by atoms with Gasteiger partial charge in [0.2, 0.25) is 0 Å². The molecule has 0 fully saturated rings. The van der Waals surface area contributed by atoms with Gasteiger partial charge in [0.1, 0.15) is 6.33 Å². The first kappa shape index (κ1) is 8.78. The number of nitrogen functional groups attached to an aromatic ring is 1. The van der Waals surface area contributed by atoms with Crippen molar-refractivity contribution in [2.45, 2.75) is 6.54 Å². The maximum Gasteiger partial charge on any atom is 0.183 e. The van der Waals surface area contributed by atoms with Crippen LogP contribution < -0.4 is 11.3 Å². The average molecular weight is 195 g/mol. The van der Waals surface area contributed by atoms with Crippen molar-refractivity contribution in [3.63, 3.8) is 0 Å². The molecule has 0 saturated heterocycles. The van der Waals surface area contributed by atoms with E-state index in [9.17, 15) is 0 Å². The summed E-state index contributed by atoms with van der Waals surface area (Å²) in [5.74, 6) is 5.65. The van der Waals surface area contributed by atoms with Gasteiger partial charge in [0.15, 0.2) is 17.0 Å². The number of anilines is 1. The Balaban J connectivity index is 2.57. The highest BCUT2D eigenvalue weighted by molar-refractivity contribution is 5.81. The number of aliphatic hydroxyl groups excluding tert-OH is 1. The average Bonchev–Trinajstić information content (AvgIpc) is 2.62. The Morgan fingerprint density at radius 2 is 2.36 bits per heavy atom. The van der Waals surface area contributed by atoms with Crippen LogP contribution in [0.25, 0.3) is 11.2 Å². The van der Waals surface area contributed by atoms with Crippen molar-refractivity contribution < 1.29 is 5.11 Å². The lowest BCUT2D eigenvalue weighted by Gasteiger charge is -1.99. The summed E-state index contributed by atoms with van der Waals surface area (Å²) in [7, 11) is 0. The molecule has 0 spiro atoms. The largest absolute Gasteiger partial charge is 0.394 e. The predicted molar refractivity (Wildman–Crippen MR) is 48.0 cm³/mol. The number of aliphatic hydroxyl groups is 1. The van der Waals surface area contributed by atoms with Gasteiger partial charge in [0.25, 0.3) is 0 Å². The molecular formula is C6H9N7O. The lowest BCUT2D eigenvalue weighted by Crippen LogP contribution is -2.10. The van der Waals surface area contributed by atoms with Gasteiger partial charge in [-0.25, -0.2) is 20.5 Å². The number of fused-ring (bicyclic) bond motifs is 1. The summed E-state index contributed by atoms with van der Waals surface area (Å²) in [6, 6.07) is 0. The Morgan fingerprint density at radius 1 is 1.50 bits per heavy atom. The van der Waals surface area contributed by atoms with Crippen LogP contribution in [0.2, 0.25) is 0 Å². The normalized spacial score (nSPS) is 10.7. The third-order valence-electron chi connectivity index (χ3n) is 1.75. The van der Waals surface area contributed by atoms with E-state index in [1.807, 2.05) is 0 Å². The molecule has 0 atom stereocenters. The highest BCUT2D eigenvalue weighted by atomic mass is 16.3. The number of nitrogens with zero attached hydrogens (tertiary/aromatic N) is 5. The number of hydrogen-bond acceptors (Lipinski definition) is 7. The molecule has 0 aliphatic rings. The van der Waals surface area contributed by atoms with Crippen LogP contribution in [0.4, 0.5) is 5.82 Å². The maximum atomic E-state index is 8.75. The highest BCUT2D eigenvalue weighted by Crippen LogP contribution is 2.13. The van der Waals surface area contributed by atoms with E-state index in [1.165, 1.54) is 11.0 Å². The topological polar surface area (TPSA) is 115 Å². The fraction of sp³-hybridized carbons (Fsp3) is 0.333. The van der Waals surface area contributed by atoms with E-state index in [1.54, 1.807) is 0 Å². The Hall–Kier alpha value is -1.80. The summed E-state index contributed by atoms with van der Waals surface area (Å²) >= 11 is 0. The molecule has 0 aromatic carbocycles. The Kier molecular flexibility index (Phi) is 2.21. The van der Waals surface area contributed by atoms with Gasteiger partial charge in [-0.15, -0.1) is 5.10 Å². The van der Waals surface area contributed by atoms with Crippen molar-refractivity contribution in [1.82, 2.24) is 25.0 Å². The molecule has 2 aromatic rings. The minimum Gasteiger partial charge on any atom is -0.394 e. The standard InChI is InChI=1S/C6H9N7O/c7-10-5-4-6(9-3-8-5)13(1-2-14)12-11-4/h3,14H,1-2,7H2,(H,8,9,10). The zero-order valence-corrected chi connectivity index (χ0v) is 7.25. The molecule has 0 radical (unpaired) electrons. The first-order valence-electron chi connectivity index (χ1n) is 3.98. The molecule has 2 rings (SSSR count). The number of hydrazine groups is 1. The molecule has 14 heavy (non-hydrogen) atoms. The van der Waals surface area contributed by atoms with Crippen molar-refractivity contribution >= 4 is 17.0 Å². The van der Waals surface area contributed by atoms with Gasteiger partial charge in [0, 0.05) is 0 Å². The Labute approximate surface area is 78.7 Å². The summed E-state index contributed by atoms with van der Waals surface area (Å²) < 4.78 is 1.48. The SMILES string of the molecule is NNc1ncnc2c1nnn2CCO. The molecular weight excluding hydrogens is 186 g/mol. The van der Waals surface area contributed by atoms with Crippen LogP contribution in [-0.4, -0.2) is 36.7 Å². The van der Waals surface area contributed by atoms with Gasteiger partial charge in [0.05, 0.1) is 13.2 Å². The monoisotopic (exact) mass is 195 g/mol. The number of nitrogens with one attached hydrogen (secondary N) is 1. The third-order valence-corrected chi connectivity index (χ3v) is 1.75. The van der Waals surface area contributed by atoms with Crippen molar-refractivity contribution in [3.8, 4) is 0 Å². The maximum absolute atomic E-state index is 8.75. The number of rotatable bonds is 3. The van der Waals surface area contributed by atoms with Crippen molar-refractivity contribution in [2.24, 2.45) is 5.84 Å². The van der Waals surface area contributed by atoms with E-state index in [4.69, 9.17) is 10.9 Å². The number of nitrogens with two attached hydrogens (primary N) is 1. The zero-order chi connectivity index (χ0) is 9.97. The molecule has 74 valence electrons.